The van der Waals surface area contributed by atoms with Crippen LogP contribution in [0.15, 0.2) is 12.2 Å². The predicted octanol–water partition coefficient (Wildman–Crippen LogP) is 3.08. The molecule has 0 radical (unpaired) electrons. The Morgan fingerprint density at radius 3 is 2.43 bits per heavy atom. The maximum atomic E-state index is 10.3. The van der Waals surface area contributed by atoms with Gasteiger partial charge in [0.25, 0.3) is 0 Å². The Morgan fingerprint density at radius 1 is 1.19 bits per heavy atom. The summed E-state index contributed by atoms with van der Waals surface area (Å²) in [6.07, 6.45) is 6.31. The van der Waals surface area contributed by atoms with Crippen molar-refractivity contribution in [3.8, 4) is 0 Å². The first-order valence-corrected chi connectivity index (χ1v) is 10.7. The van der Waals surface area contributed by atoms with Crippen molar-refractivity contribution in [2.45, 2.75) is 76.2 Å². The summed E-state index contributed by atoms with van der Waals surface area (Å²) in [5.41, 5.74) is 0. The summed E-state index contributed by atoms with van der Waals surface area (Å²) in [6, 6.07) is 0. The first-order chi connectivity index (χ1) is 9.73. The van der Waals surface area contributed by atoms with E-state index in [1.807, 2.05) is 6.08 Å². The van der Waals surface area contributed by atoms with E-state index < -0.39 is 8.32 Å². The standard InChI is InChI=1S/C16H28O4Si/c1-16(2,3)21(4,5)18-11-13-10-15-14(20-13)9-12(19-15)7-6-8-17/h6-8,12-15H,9-11H2,1-5H3/b7-6+/t12-,13+,14-,15-/m0/s1. The van der Waals surface area contributed by atoms with Gasteiger partial charge in [0.05, 0.1) is 31.0 Å². The third kappa shape index (κ3) is 4.03. The average Bonchev–Trinajstić information content (AvgIpc) is 2.90. The Hall–Kier alpha value is -0.493. The van der Waals surface area contributed by atoms with Crippen LogP contribution in [0.3, 0.4) is 0 Å². The highest BCUT2D eigenvalue weighted by atomic mass is 28.4. The molecule has 4 atom stereocenters. The number of allylic oxidation sites excluding steroid dienone is 1. The molecular formula is C16H28O4Si. The van der Waals surface area contributed by atoms with Crippen molar-refractivity contribution in [2.24, 2.45) is 0 Å². The maximum absolute atomic E-state index is 10.3. The van der Waals surface area contributed by atoms with Gasteiger partial charge in [-0.1, -0.05) is 26.8 Å². The van der Waals surface area contributed by atoms with Gasteiger partial charge in [-0.3, -0.25) is 4.79 Å². The summed E-state index contributed by atoms with van der Waals surface area (Å²) in [5.74, 6) is 0. The largest absolute Gasteiger partial charge is 0.414 e. The van der Waals surface area contributed by atoms with E-state index in [1.54, 1.807) is 0 Å². The fourth-order valence-corrected chi connectivity index (χ4v) is 3.61. The van der Waals surface area contributed by atoms with Crippen LogP contribution in [0.2, 0.25) is 18.1 Å². The highest BCUT2D eigenvalue weighted by molar-refractivity contribution is 6.74. The van der Waals surface area contributed by atoms with Crippen LogP contribution in [0.4, 0.5) is 0 Å². The molecule has 2 aliphatic rings. The Kier molecular flexibility index (Phi) is 5.08. The molecule has 0 spiro atoms. The smallest absolute Gasteiger partial charge is 0.192 e. The van der Waals surface area contributed by atoms with Gasteiger partial charge >= 0.3 is 0 Å². The van der Waals surface area contributed by atoms with Crippen LogP contribution in [0.1, 0.15) is 33.6 Å². The lowest BCUT2D eigenvalue weighted by Gasteiger charge is -2.36. The third-order valence-electron chi connectivity index (χ3n) is 4.93. The molecule has 0 aromatic rings. The lowest BCUT2D eigenvalue weighted by molar-refractivity contribution is -0.104. The van der Waals surface area contributed by atoms with Crippen LogP contribution >= 0.6 is 0 Å². The normalized spacial score (nSPS) is 33.6. The fraction of sp³-hybridized carbons (Fsp3) is 0.812. The van der Waals surface area contributed by atoms with Gasteiger partial charge in [-0.2, -0.15) is 0 Å². The van der Waals surface area contributed by atoms with E-state index >= 15 is 0 Å². The topological polar surface area (TPSA) is 44.8 Å². The quantitative estimate of drug-likeness (QED) is 0.444. The monoisotopic (exact) mass is 312 g/mol. The zero-order valence-corrected chi connectivity index (χ0v) is 14.8. The molecule has 0 bridgehead atoms. The van der Waals surface area contributed by atoms with Gasteiger partial charge in [0, 0.05) is 12.8 Å². The molecule has 120 valence electrons. The second-order valence-electron chi connectivity index (χ2n) is 7.57. The number of hydrogen-bond donors (Lipinski definition) is 0. The van der Waals surface area contributed by atoms with E-state index in [2.05, 4.69) is 33.9 Å². The molecule has 2 heterocycles. The van der Waals surface area contributed by atoms with Crippen LogP contribution in [-0.2, 0) is 18.7 Å². The lowest BCUT2D eigenvalue weighted by atomic mass is 10.1. The van der Waals surface area contributed by atoms with E-state index in [9.17, 15) is 4.79 Å². The number of aldehydes is 1. The Bertz CT molecular complexity index is 386. The Labute approximate surface area is 129 Å². The molecule has 2 aliphatic heterocycles. The molecule has 0 aromatic carbocycles. The summed E-state index contributed by atoms with van der Waals surface area (Å²) in [7, 11) is -1.71. The predicted molar refractivity (Wildman–Crippen MR) is 84.9 cm³/mol. The summed E-state index contributed by atoms with van der Waals surface area (Å²) in [5, 5.41) is 0.225. The molecule has 21 heavy (non-hydrogen) atoms. The van der Waals surface area contributed by atoms with E-state index in [0.29, 0.717) is 6.61 Å². The van der Waals surface area contributed by atoms with Crippen molar-refractivity contribution in [1.29, 1.82) is 0 Å². The molecule has 0 aromatic heterocycles. The van der Waals surface area contributed by atoms with Crippen LogP contribution < -0.4 is 0 Å². The molecule has 0 saturated carbocycles. The van der Waals surface area contributed by atoms with Gasteiger partial charge in [0.15, 0.2) is 8.32 Å². The van der Waals surface area contributed by atoms with Gasteiger partial charge in [-0.15, -0.1) is 0 Å². The number of rotatable bonds is 5. The lowest BCUT2D eigenvalue weighted by Crippen LogP contribution is -2.42. The van der Waals surface area contributed by atoms with E-state index in [1.165, 1.54) is 6.08 Å². The number of carbonyl (C=O) groups excluding carboxylic acids is 1. The molecule has 2 saturated heterocycles. The molecule has 4 nitrogen and oxygen atoms in total. The van der Waals surface area contributed by atoms with Crippen LogP contribution in [0, 0.1) is 0 Å². The minimum absolute atomic E-state index is 0.0208. The molecule has 2 rings (SSSR count). The zero-order chi connectivity index (χ0) is 15.7. The minimum Gasteiger partial charge on any atom is -0.414 e. The molecule has 0 aliphatic carbocycles. The minimum atomic E-state index is -1.71. The number of fused-ring (bicyclic) bond motifs is 1. The van der Waals surface area contributed by atoms with Crippen LogP contribution in [0.25, 0.3) is 0 Å². The van der Waals surface area contributed by atoms with E-state index in [-0.39, 0.29) is 29.5 Å². The first kappa shape index (κ1) is 16.9. The van der Waals surface area contributed by atoms with Crippen molar-refractivity contribution in [1.82, 2.24) is 0 Å². The number of carbonyl (C=O) groups is 1. The molecule has 0 unspecified atom stereocenters. The Balaban J connectivity index is 1.79. The van der Waals surface area contributed by atoms with E-state index in [0.717, 1.165) is 19.1 Å². The average molecular weight is 312 g/mol. The van der Waals surface area contributed by atoms with Crippen LogP contribution in [-0.4, -0.2) is 45.6 Å². The molecule has 5 heteroatoms. The zero-order valence-electron chi connectivity index (χ0n) is 13.8. The van der Waals surface area contributed by atoms with Gasteiger partial charge < -0.3 is 13.9 Å². The molecular weight excluding hydrogens is 284 g/mol. The second kappa shape index (κ2) is 6.32. The van der Waals surface area contributed by atoms with Gasteiger partial charge in [-0.25, -0.2) is 0 Å². The van der Waals surface area contributed by atoms with Gasteiger partial charge in [0.1, 0.15) is 6.29 Å². The second-order valence-corrected chi connectivity index (χ2v) is 12.4. The maximum Gasteiger partial charge on any atom is 0.192 e. The summed E-state index contributed by atoms with van der Waals surface area (Å²) in [4.78, 5) is 10.3. The van der Waals surface area contributed by atoms with Gasteiger partial charge in [-0.05, 0) is 24.2 Å². The molecule has 0 N–H and O–H groups in total. The third-order valence-corrected chi connectivity index (χ3v) is 9.43. The summed E-state index contributed by atoms with van der Waals surface area (Å²) >= 11 is 0. The van der Waals surface area contributed by atoms with Crippen molar-refractivity contribution in [3.63, 3.8) is 0 Å². The highest BCUT2D eigenvalue weighted by Crippen LogP contribution is 2.38. The van der Waals surface area contributed by atoms with Crippen molar-refractivity contribution in [2.75, 3.05) is 6.61 Å². The van der Waals surface area contributed by atoms with E-state index in [4.69, 9.17) is 13.9 Å². The summed E-state index contributed by atoms with van der Waals surface area (Å²) in [6.45, 7) is 11.9. The number of hydrogen-bond acceptors (Lipinski definition) is 4. The number of ether oxygens (including phenoxy) is 2. The SMILES string of the molecule is CC(C)(C)[Si](C)(C)OC[C@H]1C[C@@H]2O[C@@H](/C=C/C=O)C[C@@H]2O1. The van der Waals surface area contributed by atoms with Crippen molar-refractivity contribution >= 4 is 14.6 Å². The van der Waals surface area contributed by atoms with Crippen molar-refractivity contribution in [3.05, 3.63) is 12.2 Å². The first-order valence-electron chi connectivity index (χ1n) is 7.80. The highest BCUT2D eigenvalue weighted by Gasteiger charge is 2.44. The van der Waals surface area contributed by atoms with Crippen molar-refractivity contribution < 1.29 is 18.7 Å². The summed E-state index contributed by atoms with van der Waals surface area (Å²) < 4.78 is 18.2. The molecule has 2 fully saturated rings. The molecule has 0 amide bonds. The Morgan fingerprint density at radius 2 is 1.86 bits per heavy atom. The van der Waals surface area contributed by atoms with Gasteiger partial charge in [0.2, 0.25) is 0 Å². The fourth-order valence-electron chi connectivity index (χ4n) is 2.58. The van der Waals surface area contributed by atoms with Crippen LogP contribution in [0.5, 0.6) is 0 Å².